The first-order valence-electron chi connectivity index (χ1n) is 7.49. The van der Waals surface area contributed by atoms with Crippen LogP contribution in [0.2, 0.25) is 0 Å². The van der Waals surface area contributed by atoms with Gasteiger partial charge in [-0.1, -0.05) is 0 Å². The number of hydrogen-bond acceptors (Lipinski definition) is 4. The molecule has 0 unspecified atom stereocenters. The molecule has 0 spiro atoms. The van der Waals surface area contributed by atoms with Gasteiger partial charge in [-0.15, -0.1) is 11.3 Å². The zero-order valence-corrected chi connectivity index (χ0v) is 16.5. The minimum atomic E-state index is 0.0757. The van der Waals surface area contributed by atoms with Crippen molar-refractivity contribution in [2.24, 2.45) is 5.92 Å². The van der Waals surface area contributed by atoms with Gasteiger partial charge in [-0.3, -0.25) is 9.69 Å². The van der Waals surface area contributed by atoms with E-state index in [1.54, 1.807) is 17.5 Å². The Labute approximate surface area is 156 Å². The Morgan fingerprint density at radius 1 is 1.26 bits per heavy atom. The van der Waals surface area contributed by atoms with Gasteiger partial charge in [0.1, 0.15) is 5.82 Å². The number of nitrogens with zero attached hydrogens (tertiary/aromatic N) is 2. The highest BCUT2D eigenvalue weighted by Gasteiger charge is 2.25. The Morgan fingerprint density at radius 3 is 2.65 bits per heavy atom. The Morgan fingerprint density at radius 2 is 2.04 bits per heavy atom. The van der Waals surface area contributed by atoms with Crippen molar-refractivity contribution in [1.82, 2.24) is 9.88 Å². The number of likely N-dealkylation sites (tertiary alicyclic amines) is 1. The van der Waals surface area contributed by atoms with Crippen molar-refractivity contribution in [2.45, 2.75) is 19.4 Å². The van der Waals surface area contributed by atoms with Gasteiger partial charge in [0.15, 0.2) is 0 Å². The number of halogens is 2. The van der Waals surface area contributed by atoms with Crippen molar-refractivity contribution in [3.8, 4) is 0 Å². The number of carbonyl (C=O) groups is 1. The van der Waals surface area contributed by atoms with Crippen LogP contribution in [0.15, 0.2) is 38.7 Å². The van der Waals surface area contributed by atoms with E-state index in [0.717, 1.165) is 36.9 Å². The van der Waals surface area contributed by atoms with E-state index in [1.165, 1.54) is 8.66 Å². The van der Waals surface area contributed by atoms with Crippen LogP contribution < -0.4 is 5.32 Å². The highest BCUT2D eigenvalue weighted by molar-refractivity contribution is 9.11. The van der Waals surface area contributed by atoms with Crippen LogP contribution in [0.25, 0.3) is 0 Å². The van der Waals surface area contributed by atoms with Crippen LogP contribution >= 0.6 is 43.2 Å². The number of anilines is 1. The summed E-state index contributed by atoms with van der Waals surface area (Å²) >= 11 is 8.62. The van der Waals surface area contributed by atoms with Gasteiger partial charge < -0.3 is 5.32 Å². The van der Waals surface area contributed by atoms with Gasteiger partial charge in [0.2, 0.25) is 5.91 Å². The van der Waals surface area contributed by atoms with E-state index < -0.39 is 0 Å². The molecule has 7 heteroatoms. The van der Waals surface area contributed by atoms with Crippen LogP contribution in [0.5, 0.6) is 0 Å². The molecule has 122 valence electrons. The molecule has 1 amide bonds. The molecule has 1 N–H and O–H groups in total. The maximum atomic E-state index is 12.3. The molecule has 0 aliphatic carbocycles. The molecule has 23 heavy (non-hydrogen) atoms. The van der Waals surface area contributed by atoms with Crippen LogP contribution in [-0.4, -0.2) is 28.9 Å². The maximum absolute atomic E-state index is 12.3. The van der Waals surface area contributed by atoms with E-state index in [4.69, 9.17) is 0 Å². The summed E-state index contributed by atoms with van der Waals surface area (Å²) in [6.45, 7) is 2.89. The number of thiophene rings is 1. The van der Waals surface area contributed by atoms with Gasteiger partial charge in [-0.05, 0) is 82.1 Å². The van der Waals surface area contributed by atoms with E-state index in [-0.39, 0.29) is 11.8 Å². The summed E-state index contributed by atoms with van der Waals surface area (Å²) in [4.78, 5) is 20.3. The van der Waals surface area contributed by atoms with Gasteiger partial charge in [-0.25, -0.2) is 4.98 Å². The minimum absolute atomic E-state index is 0.0757. The number of rotatable bonds is 4. The van der Waals surface area contributed by atoms with E-state index in [2.05, 4.69) is 59.2 Å². The van der Waals surface area contributed by atoms with Gasteiger partial charge in [0.05, 0.1) is 3.79 Å². The molecule has 0 aromatic carbocycles. The SMILES string of the molecule is O=C(Nc1ccc(Br)cn1)C1CCN(Cc2ccc(Br)s2)CC1. The number of nitrogens with one attached hydrogen (secondary N) is 1. The van der Waals surface area contributed by atoms with Gasteiger partial charge in [-0.2, -0.15) is 0 Å². The molecule has 1 aliphatic heterocycles. The quantitative estimate of drug-likeness (QED) is 0.732. The number of pyridine rings is 1. The molecule has 0 saturated carbocycles. The molecule has 0 bridgehead atoms. The third kappa shape index (κ3) is 4.86. The first-order valence-corrected chi connectivity index (χ1v) is 9.89. The number of carbonyl (C=O) groups excluding carboxylic acids is 1. The summed E-state index contributed by atoms with van der Waals surface area (Å²) in [5, 5.41) is 2.91. The van der Waals surface area contributed by atoms with Crippen LogP contribution in [0, 0.1) is 5.92 Å². The summed E-state index contributed by atoms with van der Waals surface area (Å²) in [7, 11) is 0. The predicted molar refractivity (Wildman–Crippen MR) is 101 cm³/mol. The molecule has 1 fully saturated rings. The van der Waals surface area contributed by atoms with Crippen molar-refractivity contribution in [1.29, 1.82) is 0 Å². The zero-order valence-electron chi connectivity index (χ0n) is 12.5. The molecule has 4 nitrogen and oxygen atoms in total. The smallest absolute Gasteiger partial charge is 0.228 e. The maximum Gasteiger partial charge on any atom is 0.228 e. The van der Waals surface area contributed by atoms with Crippen LogP contribution in [0.3, 0.4) is 0 Å². The third-order valence-corrected chi connectivity index (χ3v) is 6.02. The number of hydrogen-bond donors (Lipinski definition) is 1. The Balaban J connectivity index is 1.48. The third-order valence-electron chi connectivity index (χ3n) is 3.95. The molecule has 3 rings (SSSR count). The molecule has 2 aromatic rings. The fourth-order valence-electron chi connectivity index (χ4n) is 2.69. The van der Waals surface area contributed by atoms with Gasteiger partial charge in [0.25, 0.3) is 0 Å². The van der Waals surface area contributed by atoms with E-state index in [0.29, 0.717) is 5.82 Å². The molecular formula is C16H17Br2N3OS. The molecular weight excluding hydrogens is 442 g/mol. The van der Waals surface area contributed by atoms with E-state index in [9.17, 15) is 4.79 Å². The lowest BCUT2D eigenvalue weighted by Gasteiger charge is -2.30. The largest absolute Gasteiger partial charge is 0.310 e. The lowest BCUT2D eigenvalue weighted by atomic mass is 9.96. The monoisotopic (exact) mass is 457 g/mol. The van der Waals surface area contributed by atoms with Crippen molar-refractivity contribution in [3.05, 3.63) is 43.6 Å². The summed E-state index contributed by atoms with van der Waals surface area (Å²) in [5.74, 6) is 0.772. The van der Waals surface area contributed by atoms with Crippen molar-refractivity contribution < 1.29 is 4.79 Å². The Hall–Kier alpha value is -0.760. The second-order valence-electron chi connectivity index (χ2n) is 5.61. The van der Waals surface area contributed by atoms with E-state index >= 15 is 0 Å². The van der Waals surface area contributed by atoms with Gasteiger partial charge >= 0.3 is 0 Å². The molecule has 1 aliphatic rings. The van der Waals surface area contributed by atoms with Crippen molar-refractivity contribution in [3.63, 3.8) is 0 Å². The summed E-state index contributed by atoms with van der Waals surface area (Å²) < 4.78 is 2.08. The molecule has 1 saturated heterocycles. The fraction of sp³-hybridized carbons (Fsp3) is 0.375. The molecule has 3 heterocycles. The predicted octanol–water partition coefficient (Wildman–Crippen LogP) is 4.52. The van der Waals surface area contributed by atoms with Crippen molar-refractivity contribution >= 4 is 54.9 Å². The summed E-state index contributed by atoms with van der Waals surface area (Å²) in [6, 6.07) is 7.94. The number of piperidine rings is 1. The second-order valence-corrected chi connectivity index (χ2v) is 9.07. The second kappa shape index (κ2) is 7.88. The fourth-order valence-corrected chi connectivity index (χ4v) is 4.45. The lowest BCUT2D eigenvalue weighted by molar-refractivity contribution is -0.121. The van der Waals surface area contributed by atoms with Crippen LogP contribution in [-0.2, 0) is 11.3 Å². The Bertz CT molecular complexity index is 666. The number of amides is 1. The normalized spacial score (nSPS) is 16.4. The highest BCUT2D eigenvalue weighted by atomic mass is 79.9. The Kier molecular flexibility index (Phi) is 5.85. The summed E-state index contributed by atoms with van der Waals surface area (Å²) in [6.07, 6.45) is 3.49. The van der Waals surface area contributed by atoms with E-state index in [1.807, 2.05) is 12.1 Å². The summed E-state index contributed by atoms with van der Waals surface area (Å²) in [5.41, 5.74) is 0. The molecule has 0 radical (unpaired) electrons. The lowest BCUT2D eigenvalue weighted by Crippen LogP contribution is -2.37. The number of aromatic nitrogens is 1. The van der Waals surface area contributed by atoms with Crippen molar-refractivity contribution in [2.75, 3.05) is 18.4 Å². The first-order chi connectivity index (χ1) is 11.1. The highest BCUT2D eigenvalue weighted by Crippen LogP contribution is 2.26. The average molecular weight is 459 g/mol. The van der Waals surface area contributed by atoms with Crippen LogP contribution in [0.1, 0.15) is 17.7 Å². The first kappa shape index (κ1) is 17.1. The minimum Gasteiger partial charge on any atom is -0.310 e. The molecule has 2 aromatic heterocycles. The topological polar surface area (TPSA) is 45.2 Å². The standard InChI is InChI=1S/C16H17Br2N3OS/c17-12-1-4-15(19-9-12)20-16(22)11-5-7-21(8-6-11)10-13-2-3-14(18)23-13/h1-4,9,11H,5-8,10H2,(H,19,20,22). The average Bonchev–Trinajstić information content (AvgIpc) is 2.95. The van der Waals surface area contributed by atoms with Crippen LogP contribution in [0.4, 0.5) is 5.82 Å². The molecule has 0 atom stereocenters. The van der Waals surface area contributed by atoms with Gasteiger partial charge in [0, 0.05) is 28.0 Å². The zero-order chi connectivity index (χ0) is 16.2.